The number of carboxylic acid groups (broad SMARTS) is 1. The van der Waals surface area contributed by atoms with Gasteiger partial charge in [0, 0.05) is 0 Å². The minimum absolute atomic E-state index is 0.0939. The van der Waals surface area contributed by atoms with Gasteiger partial charge in [-0.05, 0) is 23.8 Å². The van der Waals surface area contributed by atoms with E-state index in [1.807, 2.05) is 0 Å². The van der Waals surface area contributed by atoms with Gasteiger partial charge in [0.25, 0.3) is 0 Å². The fraction of sp³-hybridized carbons (Fsp3) is 0.273. The highest BCUT2D eigenvalue weighted by atomic mass is 16.5. The molecule has 2 unspecified atom stereocenters. The molecule has 0 aliphatic carbocycles. The highest BCUT2D eigenvalue weighted by molar-refractivity contribution is 5.88. The minimum atomic E-state index is -1.62. The Hall–Kier alpha value is -2.10. The third kappa shape index (κ3) is 2.93. The van der Waals surface area contributed by atoms with Gasteiger partial charge in [0.2, 0.25) is 0 Å². The van der Waals surface area contributed by atoms with Gasteiger partial charge >= 0.3 is 5.97 Å². The van der Waals surface area contributed by atoms with Crippen LogP contribution in [0.2, 0.25) is 0 Å². The summed E-state index contributed by atoms with van der Waals surface area (Å²) in [6.07, 6.45) is -3.10. The lowest BCUT2D eigenvalue weighted by Crippen LogP contribution is -2.16. The third-order valence-corrected chi connectivity index (χ3v) is 2.18. The second kappa shape index (κ2) is 5.30. The lowest BCUT2D eigenvalue weighted by molar-refractivity contribution is 0.0524. The summed E-state index contributed by atoms with van der Waals surface area (Å²) in [4.78, 5) is 10.8. The zero-order valence-corrected chi connectivity index (χ0v) is 8.99. The standard InChI is InChI=1S/C11H11NO5/c1-17-8-3-6(10(14)9(13)5-12)2-7(4-8)11(15)16/h2-4,9-10,13-14H,1H3,(H,15,16). The van der Waals surface area contributed by atoms with Gasteiger partial charge in [-0.3, -0.25) is 0 Å². The number of methoxy groups -OCH3 is 1. The average molecular weight is 237 g/mol. The maximum Gasteiger partial charge on any atom is 0.335 e. The molecule has 0 saturated heterocycles. The van der Waals surface area contributed by atoms with Crippen LogP contribution in [0.15, 0.2) is 18.2 Å². The summed E-state index contributed by atoms with van der Waals surface area (Å²) < 4.78 is 4.87. The van der Waals surface area contributed by atoms with Crippen molar-refractivity contribution >= 4 is 5.97 Å². The van der Waals surface area contributed by atoms with Gasteiger partial charge in [0.1, 0.15) is 11.9 Å². The molecule has 0 fully saturated rings. The zero-order chi connectivity index (χ0) is 13.0. The largest absolute Gasteiger partial charge is 0.497 e. The molecule has 3 N–H and O–H groups in total. The van der Waals surface area contributed by atoms with Gasteiger partial charge in [-0.15, -0.1) is 0 Å². The number of aliphatic hydroxyl groups excluding tert-OH is 2. The molecule has 0 aliphatic heterocycles. The number of carboxylic acids is 1. The molecule has 6 nitrogen and oxygen atoms in total. The van der Waals surface area contributed by atoms with E-state index in [0.29, 0.717) is 0 Å². The van der Waals surface area contributed by atoms with Crippen LogP contribution in [0.5, 0.6) is 5.75 Å². The minimum Gasteiger partial charge on any atom is -0.497 e. The van der Waals surface area contributed by atoms with Crippen LogP contribution in [0.25, 0.3) is 0 Å². The number of rotatable bonds is 4. The fourth-order valence-electron chi connectivity index (χ4n) is 1.29. The van der Waals surface area contributed by atoms with E-state index in [1.165, 1.54) is 31.4 Å². The SMILES string of the molecule is COc1cc(C(=O)O)cc(C(O)C(O)C#N)c1. The van der Waals surface area contributed by atoms with Crippen LogP contribution in [0.3, 0.4) is 0 Å². The van der Waals surface area contributed by atoms with Crippen molar-refractivity contribution in [2.24, 2.45) is 0 Å². The first kappa shape index (κ1) is 13.0. The molecule has 17 heavy (non-hydrogen) atoms. The van der Waals surface area contributed by atoms with Crippen molar-refractivity contribution in [2.75, 3.05) is 7.11 Å². The summed E-state index contributed by atoms with van der Waals surface area (Å²) in [7, 11) is 1.35. The number of hydrogen-bond donors (Lipinski definition) is 3. The highest BCUT2D eigenvalue weighted by Crippen LogP contribution is 2.24. The molecule has 0 heterocycles. The molecule has 1 aromatic rings. The van der Waals surface area contributed by atoms with Gasteiger partial charge in [0.15, 0.2) is 6.10 Å². The summed E-state index contributed by atoms with van der Waals surface area (Å²) >= 11 is 0. The zero-order valence-electron chi connectivity index (χ0n) is 8.99. The predicted octanol–water partition coefficient (Wildman–Crippen LogP) is 0.311. The number of carbonyl (C=O) groups is 1. The summed E-state index contributed by atoms with van der Waals surface area (Å²) in [6.45, 7) is 0. The molecular formula is C11H11NO5. The number of nitrogens with zero attached hydrogens (tertiary/aromatic N) is 1. The van der Waals surface area contributed by atoms with Crippen molar-refractivity contribution in [2.45, 2.75) is 12.2 Å². The van der Waals surface area contributed by atoms with Crippen LogP contribution in [0.1, 0.15) is 22.0 Å². The second-order valence-electron chi connectivity index (χ2n) is 3.32. The molecule has 0 aromatic heterocycles. The molecule has 0 saturated carbocycles. The van der Waals surface area contributed by atoms with Crippen LogP contribution in [-0.4, -0.2) is 34.5 Å². The number of nitriles is 1. The number of ether oxygens (including phenoxy) is 1. The van der Waals surface area contributed by atoms with Crippen LogP contribution < -0.4 is 4.74 Å². The van der Waals surface area contributed by atoms with E-state index in [-0.39, 0.29) is 16.9 Å². The molecule has 6 heteroatoms. The highest BCUT2D eigenvalue weighted by Gasteiger charge is 2.20. The van der Waals surface area contributed by atoms with Crippen molar-refractivity contribution in [3.05, 3.63) is 29.3 Å². The van der Waals surface area contributed by atoms with Crippen molar-refractivity contribution in [1.82, 2.24) is 0 Å². The van der Waals surface area contributed by atoms with E-state index < -0.39 is 18.2 Å². The van der Waals surface area contributed by atoms with Gasteiger partial charge in [-0.25, -0.2) is 4.79 Å². The van der Waals surface area contributed by atoms with Crippen LogP contribution >= 0.6 is 0 Å². The predicted molar refractivity (Wildman–Crippen MR) is 56.5 cm³/mol. The molecular weight excluding hydrogens is 226 g/mol. The number of aromatic carboxylic acids is 1. The van der Waals surface area contributed by atoms with Gasteiger partial charge in [-0.2, -0.15) is 5.26 Å². The number of aliphatic hydroxyl groups is 2. The molecule has 0 aliphatic rings. The Kier molecular flexibility index (Phi) is 4.04. The van der Waals surface area contributed by atoms with E-state index in [4.69, 9.17) is 15.1 Å². The molecule has 0 radical (unpaired) electrons. The molecule has 1 rings (SSSR count). The Morgan fingerprint density at radius 1 is 1.41 bits per heavy atom. The lowest BCUT2D eigenvalue weighted by atomic mass is 10.0. The summed E-state index contributed by atoms with van der Waals surface area (Å²) in [5, 5.41) is 36.1. The van der Waals surface area contributed by atoms with Crippen molar-refractivity contribution in [3.8, 4) is 11.8 Å². The Bertz CT molecular complexity index is 465. The average Bonchev–Trinajstić information content (AvgIpc) is 2.36. The van der Waals surface area contributed by atoms with Gasteiger partial charge in [-0.1, -0.05) is 0 Å². The first-order valence-electron chi connectivity index (χ1n) is 4.67. The number of benzene rings is 1. The second-order valence-corrected chi connectivity index (χ2v) is 3.32. The van der Waals surface area contributed by atoms with Crippen molar-refractivity contribution in [1.29, 1.82) is 5.26 Å². The van der Waals surface area contributed by atoms with Gasteiger partial charge < -0.3 is 20.1 Å². The van der Waals surface area contributed by atoms with E-state index >= 15 is 0 Å². The van der Waals surface area contributed by atoms with E-state index in [1.54, 1.807) is 0 Å². The molecule has 90 valence electrons. The van der Waals surface area contributed by atoms with Gasteiger partial charge in [0.05, 0.1) is 18.7 Å². The van der Waals surface area contributed by atoms with Crippen molar-refractivity contribution < 1.29 is 24.9 Å². The normalized spacial score (nSPS) is 13.5. The topological polar surface area (TPSA) is 111 Å². The van der Waals surface area contributed by atoms with Crippen molar-refractivity contribution in [3.63, 3.8) is 0 Å². The third-order valence-electron chi connectivity index (χ3n) is 2.18. The van der Waals surface area contributed by atoms with Crippen LogP contribution in [-0.2, 0) is 0 Å². The first-order valence-corrected chi connectivity index (χ1v) is 4.67. The molecule has 2 atom stereocenters. The Morgan fingerprint density at radius 3 is 2.53 bits per heavy atom. The molecule has 0 spiro atoms. The van der Waals surface area contributed by atoms with E-state index in [0.717, 1.165) is 0 Å². The Morgan fingerprint density at radius 2 is 2.06 bits per heavy atom. The van der Waals surface area contributed by atoms with Crippen LogP contribution in [0, 0.1) is 11.3 Å². The quantitative estimate of drug-likeness (QED) is 0.650. The summed E-state index contributed by atoms with van der Waals surface area (Å²) in [5.41, 5.74) is 0.0133. The Balaban J connectivity index is 3.20. The maximum atomic E-state index is 10.8. The lowest BCUT2D eigenvalue weighted by Gasteiger charge is -2.14. The fourth-order valence-corrected chi connectivity index (χ4v) is 1.29. The number of hydrogen-bond acceptors (Lipinski definition) is 5. The monoisotopic (exact) mass is 237 g/mol. The first-order chi connectivity index (χ1) is 7.99. The summed E-state index contributed by atoms with van der Waals surface area (Å²) in [5.74, 6) is -0.965. The molecule has 0 bridgehead atoms. The van der Waals surface area contributed by atoms with E-state index in [2.05, 4.69) is 0 Å². The maximum absolute atomic E-state index is 10.8. The molecule has 1 aromatic carbocycles. The van der Waals surface area contributed by atoms with Crippen LogP contribution in [0.4, 0.5) is 0 Å². The molecule has 0 amide bonds. The Labute approximate surface area is 97.3 Å². The van der Waals surface area contributed by atoms with E-state index in [9.17, 15) is 15.0 Å². The smallest absolute Gasteiger partial charge is 0.335 e. The summed E-state index contributed by atoms with van der Waals surface area (Å²) in [6, 6.07) is 5.28.